The fourth-order valence-corrected chi connectivity index (χ4v) is 3.27. The molecule has 1 atom stereocenters. The Balaban J connectivity index is 0.000000206. The van der Waals surface area contributed by atoms with Crippen LogP contribution >= 0.6 is 8.19 Å². The summed E-state index contributed by atoms with van der Waals surface area (Å²) in [6, 6.07) is 34.5. The van der Waals surface area contributed by atoms with Gasteiger partial charge in [-0.15, -0.1) is 46.4 Å². The van der Waals surface area contributed by atoms with E-state index in [0.717, 1.165) is 8.19 Å². The summed E-state index contributed by atoms with van der Waals surface area (Å²) in [7, 11) is 0.906. The molecule has 5 rings (SSSR count). The Morgan fingerprint density at radius 3 is 1.58 bits per heavy atom. The van der Waals surface area contributed by atoms with E-state index >= 15 is 0 Å². The largest absolute Gasteiger partial charge is 4.00 e. The van der Waals surface area contributed by atoms with E-state index in [0.29, 0.717) is 0 Å². The molecular formula is C27H25O2PTi. The van der Waals surface area contributed by atoms with Gasteiger partial charge in [-0.3, -0.25) is 0 Å². The van der Waals surface area contributed by atoms with Crippen LogP contribution in [0.25, 0.3) is 10.8 Å². The van der Waals surface area contributed by atoms with Gasteiger partial charge in [0.05, 0.1) is 0 Å². The number of para-hydroxylation sites is 2. The minimum absolute atomic E-state index is 0. The van der Waals surface area contributed by atoms with E-state index in [-0.39, 0.29) is 33.2 Å². The molecule has 154 valence electrons. The predicted octanol–water partition coefficient (Wildman–Crippen LogP) is 6.21. The number of hydrogen-bond acceptors (Lipinski definition) is 2. The number of benzene rings is 3. The van der Waals surface area contributed by atoms with Crippen LogP contribution in [-0.4, -0.2) is 0 Å². The van der Waals surface area contributed by atoms with E-state index in [2.05, 4.69) is 68.2 Å². The second-order valence-corrected chi connectivity index (χ2v) is 7.83. The molecule has 1 unspecified atom stereocenters. The van der Waals surface area contributed by atoms with Crippen LogP contribution < -0.4 is 10.2 Å². The first-order valence-electron chi connectivity index (χ1n) is 9.63. The van der Waals surface area contributed by atoms with E-state index in [9.17, 15) is 10.2 Å². The quantitative estimate of drug-likeness (QED) is 0.204. The van der Waals surface area contributed by atoms with Crippen LogP contribution in [-0.2, 0) is 21.7 Å². The number of hydrogen-bond donors (Lipinski definition) is 0. The van der Waals surface area contributed by atoms with Crippen LogP contribution in [0, 0.1) is 19.9 Å². The smallest absolute Gasteiger partial charge is 0.872 e. The van der Waals surface area contributed by atoms with Crippen LogP contribution in [0.3, 0.4) is 0 Å². The summed E-state index contributed by atoms with van der Waals surface area (Å²) in [6.07, 6.45) is 0. The van der Waals surface area contributed by atoms with Crippen molar-refractivity contribution in [3.8, 4) is 11.5 Å². The molecule has 0 aliphatic heterocycles. The molecular weight excluding hydrogens is 435 g/mol. The molecule has 1 aromatic heterocycles. The van der Waals surface area contributed by atoms with Crippen LogP contribution in [0.4, 0.5) is 0 Å². The van der Waals surface area contributed by atoms with Gasteiger partial charge >= 0.3 is 21.7 Å². The van der Waals surface area contributed by atoms with E-state index in [1.54, 1.807) is 24.3 Å². The first-order chi connectivity index (χ1) is 14.5. The Bertz CT molecular complexity index is 1000. The van der Waals surface area contributed by atoms with Crippen LogP contribution in [0.5, 0.6) is 11.5 Å². The molecule has 0 bridgehead atoms. The maximum atomic E-state index is 10.3. The predicted molar refractivity (Wildman–Crippen MR) is 126 cm³/mol. The molecule has 4 heteroatoms. The van der Waals surface area contributed by atoms with Gasteiger partial charge in [-0.1, -0.05) is 80.6 Å². The van der Waals surface area contributed by atoms with Gasteiger partial charge in [0.2, 0.25) is 0 Å². The Morgan fingerprint density at radius 2 is 1.23 bits per heavy atom. The summed E-state index contributed by atoms with van der Waals surface area (Å²) >= 11 is 0. The monoisotopic (exact) mass is 460 g/mol. The average Bonchev–Trinajstić information content (AvgIpc) is 3.39. The second-order valence-electron chi connectivity index (χ2n) is 6.50. The summed E-state index contributed by atoms with van der Waals surface area (Å²) in [5.41, 5.74) is 1.30. The average molecular weight is 460 g/mol. The van der Waals surface area contributed by atoms with Crippen molar-refractivity contribution in [3.05, 3.63) is 126 Å². The number of rotatable bonds is 0. The molecule has 0 fully saturated rings. The van der Waals surface area contributed by atoms with Gasteiger partial charge in [-0.2, -0.15) is 23.3 Å². The van der Waals surface area contributed by atoms with Crippen molar-refractivity contribution in [3.63, 3.8) is 0 Å². The summed E-state index contributed by atoms with van der Waals surface area (Å²) in [4.78, 5) is 0. The van der Waals surface area contributed by atoms with Crippen LogP contribution in [0.2, 0.25) is 0 Å². The first-order valence-corrected chi connectivity index (χ1v) is 10.7. The molecule has 0 saturated heterocycles. The number of fused-ring (bicyclic) bond motifs is 1. The van der Waals surface area contributed by atoms with E-state index in [1.165, 1.54) is 45.9 Å². The molecule has 2 nitrogen and oxygen atoms in total. The van der Waals surface area contributed by atoms with Crippen molar-refractivity contribution >= 4 is 19.0 Å². The van der Waals surface area contributed by atoms with Gasteiger partial charge in [-0.25, -0.2) is 19.8 Å². The molecule has 0 aliphatic carbocycles. The van der Waals surface area contributed by atoms with Gasteiger partial charge < -0.3 is 10.2 Å². The molecule has 0 N–H and O–H groups in total. The summed E-state index contributed by atoms with van der Waals surface area (Å²) in [5, 5.41) is 24.6. The minimum Gasteiger partial charge on any atom is -0.872 e. The molecule has 0 amide bonds. The second kappa shape index (κ2) is 15.2. The topological polar surface area (TPSA) is 46.1 Å². The molecule has 1 heterocycles. The SMILES string of the molecule is Cc1[c-]c(C)[pH]c1.[O-]c1ccccc1.[O-]c1ccccc1.[Ti+4].c1ccc2[cH-]ccc2c1. The minimum atomic E-state index is 0. The van der Waals surface area contributed by atoms with Crippen molar-refractivity contribution in [2.24, 2.45) is 0 Å². The Morgan fingerprint density at radius 1 is 0.710 bits per heavy atom. The first kappa shape index (κ1) is 26.4. The van der Waals surface area contributed by atoms with Crippen molar-refractivity contribution in [2.45, 2.75) is 13.8 Å². The third-order valence-corrected chi connectivity index (χ3v) is 5.06. The van der Waals surface area contributed by atoms with Gasteiger partial charge in [0, 0.05) is 0 Å². The fraction of sp³-hybridized carbons (Fsp3) is 0.0741. The van der Waals surface area contributed by atoms with Crippen molar-refractivity contribution < 1.29 is 31.9 Å². The molecule has 0 saturated carbocycles. The van der Waals surface area contributed by atoms with E-state index < -0.39 is 0 Å². The maximum absolute atomic E-state index is 10.3. The molecule has 0 spiro atoms. The van der Waals surface area contributed by atoms with Crippen molar-refractivity contribution in [2.75, 3.05) is 0 Å². The summed E-state index contributed by atoms with van der Waals surface area (Å²) < 4.78 is 0. The fourth-order valence-electron chi connectivity index (χ4n) is 2.50. The third kappa shape index (κ3) is 11.4. The molecule has 5 aromatic rings. The summed E-state index contributed by atoms with van der Waals surface area (Å²) in [6.45, 7) is 4.20. The zero-order chi connectivity index (χ0) is 21.6. The standard InChI is InChI=1S/C9H7.2C6H6O.C6H8P.Ti/c1-2-5-9-7-3-6-8(9)4-1;2*7-6-4-2-1-3-5-6;1-5-3-6(2)7-4-5;/h1-7H;2*1-5,7H;4,7H,1-2H3;/q-1;;;-1;+4/p-2. The van der Waals surface area contributed by atoms with Crippen LogP contribution in [0.1, 0.15) is 10.9 Å². The van der Waals surface area contributed by atoms with Crippen molar-refractivity contribution in [1.82, 2.24) is 0 Å². The normalized spacial score (nSPS) is 9.23. The van der Waals surface area contributed by atoms with Gasteiger partial charge in [0.1, 0.15) is 0 Å². The number of aryl methyl sites for hydroxylation is 2. The van der Waals surface area contributed by atoms with Crippen LogP contribution in [0.15, 0.2) is 109 Å². The van der Waals surface area contributed by atoms with Gasteiger partial charge in [0.25, 0.3) is 0 Å². The van der Waals surface area contributed by atoms with E-state index in [4.69, 9.17) is 0 Å². The third-order valence-electron chi connectivity index (χ3n) is 3.92. The zero-order valence-electron chi connectivity index (χ0n) is 17.7. The Kier molecular flexibility index (Phi) is 13.0. The Hall–Kier alpha value is -2.64. The zero-order valence-corrected chi connectivity index (χ0v) is 20.3. The molecule has 0 radical (unpaired) electrons. The van der Waals surface area contributed by atoms with E-state index in [1.807, 2.05) is 12.1 Å². The molecule has 31 heavy (non-hydrogen) atoms. The van der Waals surface area contributed by atoms with Crippen molar-refractivity contribution in [1.29, 1.82) is 0 Å². The van der Waals surface area contributed by atoms with Gasteiger partial charge in [0.15, 0.2) is 0 Å². The maximum Gasteiger partial charge on any atom is 4.00 e. The molecule has 4 aromatic carbocycles. The summed E-state index contributed by atoms with van der Waals surface area (Å²) in [5.74, 6) is 2.36. The van der Waals surface area contributed by atoms with Gasteiger partial charge in [-0.05, 0) is 0 Å². The Labute approximate surface area is 201 Å². The molecule has 0 aliphatic rings.